The molecule has 0 aliphatic carbocycles. The molecule has 34 heavy (non-hydrogen) atoms. The van der Waals surface area contributed by atoms with Crippen molar-refractivity contribution in [3.63, 3.8) is 0 Å². The molecule has 2 aliphatic heterocycles. The second kappa shape index (κ2) is 9.62. The zero-order valence-electron chi connectivity index (χ0n) is 18.6. The van der Waals surface area contributed by atoms with E-state index in [9.17, 15) is 9.59 Å². The number of carbonyl (C=O) groups is 2. The molecule has 0 unspecified atom stereocenters. The number of carbonyl (C=O) groups excluding carboxylic acids is 2. The Hall–Kier alpha value is -4.39. The van der Waals surface area contributed by atoms with Gasteiger partial charge in [-0.3, -0.25) is 0 Å². The average Bonchev–Trinajstić information content (AvgIpc) is 3.25. The number of hydrogen-bond acceptors (Lipinski definition) is 5. The number of cyclic esters (lactones) is 1. The molecule has 1 fully saturated rings. The lowest BCUT2D eigenvalue weighted by molar-refractivity contribution is -0.130. The molecule has 0 aromatic heterocycles. The van der Waals surface area contributed by atoms with Crippen molar-refractivity contribution in [2.24, 2.45) is 4.99 Å². The Morgan fingerprint density at radius 1 is 0.794 bits per heavy atom. The highest BCUT2D eigenvalue weighted by Crippen LogP contribution is 2.22. The second-order valence-corrected chi connectivity index (χ2v) is 8.08. The number of ether oxygens (including phenoxy) is 1. The highest BCUT2D eigenvalue weighted by molar-refractivity contribution is 6.11. The van der Waals surface area contributed by atoms with E-state index >= 15 is 0 Å². The molecule has 0 radical (unpaired) electrons. The van der Waals surface area contributed by atoms with Gasteiger partial charge in [0.1, 0.15) is 0 Å². The molecule has 0 saturated carbocycles. The largest absolute Gasteiger partial charge is 0.402 e. The summed E-state index contributed by atoms with van der Waals surface area (Å²) in [5.74, 6) is -0.164. The van der Waals surface area contributed by atoms with Crippen LogP contribution in [0.2, 0.25) is 0 Å². The first kappa shape index (κ1) is 21.5. The Bertz CT molecular complexity index is 1230. The highest BCUT2D eigenvalue weighted by atomic mass is 16.6. The van der Waals surface area contributed by atoms with Gasteiger partial charge in [-0.15, -0.1) is 0 Å². The number of anilines is 1. The summed E-state index contributed by atoms with van der Waals surface area (Å²) in [6.07, 6.45) is 1.72. The molecule has 2 amide bonds. The van der Waals surface area contributed by atoms with Crippen LogP contribution in [0.15, 0.2) is 102 Å². The molecule has 2 heterocycles. The van der Waals surface area contributed by atoms with Crippen molar-refractivity contribution in [2.45, 2.75) is 0 Å². The van der Waals surface area contributed by atoms with E-state index in [0.717, 1.165) is 22.4 Å². The number of nitrogens with zero attached hydrogens (tertiary/aromatic N) is 3. The molecule has 1 N–H and O–H groups in total. The van der Waals surface area contributed by atoms with Crippen molar-refractivity contribution in [1.82, 2.24) is 9.80 Å². The Labute approximate surface area is 198 Å². The van der Waals surface area contributed by atoms with E-state index in [2.05, 4.69) is 10.3 Å². The van der Waals surface area contributed by atoms with Crippen molar-refractivity contribution < 1.29 is 14.3 Å². The van der Waals surface area contributed by atoms with Crippen LogP contribution in [-0.4, -0.2) is 53.9 Å². The zero-order chi connectivity index (χ0) is 23.3. The maximum absolute atomic E-state index is 12.5. The van der Waals surface area contributed by atoms with Crippen molar-refractivity contribution >= 4 is 23.6 Å². The topological polar surface area (TPSA) is 74.2 Å². The molecule has 7 heteroatoms. The van der Waals surface area contributed by atoms with Gasteiger partial charge in [0.25, 0.3) is 0 Å². The van der Waals surface area contributed by atoms with E-state index in [1.54, 1.807) is 11.1 Å². The molecule has 0 atom stereocenters. The van der Waals surface area contributed by atoms with Gasteiger partial charge in [0, 0.05) is 43.6 Å². The minimum atomic E-state index is -0.466. The molecule has 3 aromatic carbocycles. The monoisotopic (exact) mass is 452 g/mol. The molecular formula is C27H24N4O3. The molecule has 5 rings (SSSR count). The summed E-state index contributed by atoms with van der Waals surface area (Å²) in [7, 11) is 0. The summed E-state index contributed by atoms with van der Waals surface area (Å²) < 4.78 is 5.41. The third-order valence-electron chi connectivity index (χ3n) is 5.79. The zero-order valence-corrected chi connectivity index (χ0v) is 18.6. The smallest absolute Gasteiger partial charge is 0.365 e. The molecule has 170 valence electrons. The fraction of sp³-hybridized carbons (Fsp3) is 0.148. The van der Waals surface area contributed by atoms with Gasteiger partial charge in [-0.05, 0) is 35.4 Å². The van der Waals surface area contributed by atoms with E-state index in [1.165, 1.54) is 0 Å². The lowest BCUT2D eigenvalue weighted by Crippen LogP contribution is -2.48. The average molecular weight is 453 g/mol. The number of amides is 2. The van der Waals surface area contributed by atoms with Gasteiger partial charge in [0.15, 0.2) is 5.70 Å². The first-order valence-corrected chi connectivity index (χ1v) is 11.2. The first-order valence-electron chi connectivity index (χ1n) is 11.2. The molecule has 1 saturated heterocycles. The maximum atomic E-state index is 12.5. The molecule has 0 bridgehead atoms. The summed E-state index contributed by atoms with van der Waals surface area (Å²) in [5, 5.41) is 2.90. The Morgan fingerprint density at radius 2 is 1.38 bits per heavy atom. The number of benzene rings is 3. The third kappa shape index (κ3) is 4.83. The van der Waals surface area contributed by atoms with E-state index in [4.69, 9.17) is 4.74 Å². The van der Waals surface area contributed by atoms with E-state index in [-0.39, 0.29) is 11.7 Å². The van der Waals surface area contributed by atoms with E-state index < -0.39 is 5.97 Å². The Morgan fingerprint density at radius 3 is 2.06 bits per heavy atom. The number of urea groups is 1. The number of esters is 1. The molecule has 2 aliphatic rings. The summed E-state index contributed by atoms with van der Waals surface area (Å²) in [5.41, 5.74) is 3.99. The number of aliphatic imine (C=N–C) groups is 1. The van der Waals surface area contributed by atoms with Crippen molar-refractivity contribution in [3.8, 4) is 11.1 Å². The quantitative estimate of drug-likeness (QED) is 0.472. The second-order valence-electron chi connectivity index (χ2n) is 8.08. The van der Waals surface area contributed by atoms with Gasteiger partial charge in [0.05, 0.1) is 0 Å². The summed E-state index contributed by atoms with van der Waals surface area (Å²) in [6, 6.07) is 27.1. The van der Waals surface area contributed by atoms with Gasteiger partial charge < -0.3 is 19.9 Å². The van der Waals surface area contributed by atoms with Gasteiger partial charge >= 0.3 is 12.0 Å². The number of rotatable bonds is 4. The van der Waals surface area contributed by atoms with E-state index in [1.807, 2.05) is 89.8 Å². The number of piperazine rings is 1. The fourth-order valence-electron chi connectivity index (χ4n) is 3.91. The molecule has 0 spiro atoms. The lowest BCUT2D eigenvalue weighted by Gasteiger charge is -2.34. The van der Waals surface area contributed by atoms with Crippen LogP contribution in [0.25, 0.3) is 11.1 Å². The highest BCUT2D eigenvalue weighted by Gasteiger charge is 2.26. The van der Waals surface area contributed by atoms with Crippen LogP contribution >= 0.6 is 0 Å². The van der Waals surface area contributed by atoms with Crippen LogP contribution in [0.3, 0.4) is 0 Å². The number of nitrogens with one attached hydrogen (secondary N) is 1. The minimum absolute atomic E-state index is 0.127. The van der Waals surface area contributed by atoms with Gasteiger partial charge in [-0.25, -0.2) is 14.6 Å². The number of hydrogen-bond donors (Lipinski definition) is 1. The van der Waals surface area contributed by atoms with Crippen LogP contribution in [0.4, 0.5) is 10.5 Å². The predicted molar refractivity (Wildman–Crippen MR) is 131 cm³/mol. The van der Waals surface area contributed by atoms with Crippen LogP contribution < -0.4 is 5.32 Å². The van der Waals surface area contributed by atoms with E-state index in [0.29, 0.717) is 32.1 Å². The Balaban J connectivity index is 1.20. The van der Waals surface area contributed by atoms with Gasteiger partial charge in [0.2, 0.25) is 5.90 Å². The maximum Gasteiger partial charge on any atom is 0.365 e. The summed E-state index contributed by atoms with van der Waals surface area (Å²) in [4.78, 5) is 33.0. The van der Waals surface area contributed by atoms with Crippen LogP contribution in [0.1, 0.15) is 5.56 Å². The minimum Gasteiger partial charge on any atom is -0.402 e. The first-order chi connectivity index (χ1) is 16.7. The van der Waals surface area contributed by atoms with Crippen molar-refractivity contribution in [3.05, 3.63) is 102 Å². The van der Waals surface area contributed by atoms with Gasteiger partial charge in [-0.2, -0.15) is 0 Å². The van der Waals surface area contributed by atoms with Crippen LogP contribution in [0.5, 0.6) is 0 Å². The van der Waals surface area contributed by atoms with Crippen molar-refractivity contribution in [1.29, 1.82) is 0 Å². The SMILES string of the molecule is O=C1OC(c2ccc(-c3ccccc3)cc2)=NC1=CN1CCN(C(=O)Nc2ccccc2)CC1. The normalized spacial score (nSPS) is 16.9. The summed E-state index contributed by atoms with van der Waals surface area (Å²) >= 11 is 0. The molecule has 7 nitrogen and oxygen atoms in total. The standard InChI is InChI=1S/C27H24N4O3/c32-26-24(19-30-15-17-31(18-16-30)27(33)28-23-9-5-2-6-10-23)29-25(34-26)22-13-11-21(12-14-22)20-7-3-1-4-8-20/h1-14,19H,15-18H2,(H,28,33). The third-order valence-corrected chi connectivity index (χ3v) is 5.79. The Kier molecular flexibility index (Phi) is 6.07. The molecular weight excluding hydrogens is 428 g/mol. The fourth-order valence-corrected chi connectivity index (χ4v) is 3.91. The predicted octanol–water partition coefficient (Wildman–Crippen LogP) is 4.35. The lowest BCUT2D eigenvalue weighted by atomic mass is 10.0. The summed E-state index contributed by atoms with van der Waals surface area (Å²) in [6.45, 7) is 2.31. The molecule has 3 aromatic rings. The number of para-hydroxylation sites is 1. The van der Waals surface area contributed by atoms with Crippen LogP contribution in [0, 0.1) is 0 Å². The van der Waals surface area contributed by atoms with Crippen molar-refractivity contribution in [2.75, 3.05) is 31.5 Å². The van der Waals surface area contributed by atoms with Gasteiger partial charge in [-0.1, -0.05) is 60.7 Å². The van der Waals surface area contributed by atoms with Crippen LogP contribution in [-0.2, 0) is 9.53 Å².